The molecule has 0 spiro atoms. The Hall–Kier alpha value is -1.03. The van der Waals surface area contributed by atoms with E-state index < -0.39 is 0 Å². The lowest BCUT2D eigenvalue weighted by Gasteiger charge is -2.18. The molecule has 0 saturated heterocycles. The maximum absolute atomic E-state index is 6.12. The first-order chi connectivity index (χ1) is 8.75. The van der Waals surface area contributed by atoms with Gasteiger partial charge in [0.15, 0.2) is 0 Å². The van der Waals surface area contributed by atoms with E-state index in [0.717, 1.165) is 9.99 Å². The molecule has 3 rings (SSSR count). The molecule has 1 aromatic heterocycles. The molecular formula is C14H18BrN3. The molecule has 0 unspecified atom stereocenters. The average molecular weight is 308 g/mol. The highest BCUT2D eigenvalue weighted by Gasteiger charge is 2.19. The Morgan fingerprint density at radius 1 is 1.17 bits per heavy atom. The number of rotatable bonds is 1. The van der Waals surface area contributed by atoms with Crippen LogP contribution >= 0.6 is 15.9 Å². The van der Waals surface area contributed by atoms with Gasteiger partial charge >= 0.3 is 0 Å². The highest BCUT2D eigenvalue weighted by atomic mass is 79.9. The summed E-state index contributed by atoms with van der Waals surface area (Å²) >= 11 is 3.48. The summed E-state index contributed by atoms with van der Waals surface area (Å²) in [5.74, 6) is 0.662. The van der Waals surface area contributed by atoms with E-state index in [1.807, 2.05) is 6.07 Å². The molecule has 0 amide bonds. The van der Waals surface area contributed by atoms with Gasteiger partial charge < -0.3 is 10.3 Å². The molecule has 1 aliphatic carbocycles. The van der Waals surface area contributed by atoms with E-state index in [2.05, 4.69) is 37.6 Å². The van der Waals surface area contributed by atoms with Crippen molar-refractivity contribution >= 4 is 32.9 Å². The molecule has 2 N–H and O–H groups in total. The van der Waals surface area contributed by atoms with Crippen LogP contribution in [0.15, 0.2) is 22.7 Å². The molecule has 1 fully saturated rings. The molecule has 1 aliphatic rings. The van der Waals surface area contributed by atoms with E-state index in [0.29, 0.717) is 12.0 Å². The number of nitrogen functional groups attached to an aromatic ring is 1. The fraction of sp³-hybridized carbons (Fsp3) is 0.500. The molecule has 18 heavy (non-hydrogen) atoms. The van der Waals surface area contributed by atoms with Gasteiger partial charge in [-0.2, -0.15) is 0 Å². The van der Waals surface area contributed by atoms with Gasteiger partial charge in [0.2, 0.25) is 5.95 Å². The second-order valence-corrected chi connectivity index (χ2v) is 6.03. The van der Waals surface area contributed by atoms with Crippen molar-refractivity contribution in [2.24, 2.45) is 0 Å². The van der Waals surface area contributed by atoms with Gasteiger partial charge in [-0.3, -0.25) is 0 Å². The summed E-state index contributed by atoms with van der Waals surface area (Å²) in [7, 11) is 0. The molecule has 1 saturated carbocycles. The number of imidazole rings is 1. The first kappa shape index (κ1) is 12.0. The van der Waals surface area contributed by atoms with Crippen molar-refractivity contribution in [3.63, 3.8) is 0 Å². The Balaban J connectivity index is 2.06. The van der Waals surface area contributed by atoms with Crippen LogP contribution in [0.5, 0.6) is 0 Å². The van der Waals surface area contributed by atoms with Crippen molar-refractivity contribution in [1.29, 1.82) is 0 Å². The normalized spacial score (nSPS) is 18.1. The molecule has 0 bridgehead atoms. The maximum Gasteiger partial charge on any atom is 0.201 e. The van der Waals surface area contributed by atoms with E-state index in [9.17, 15) is 0 Å². The summed E-state index contributed by atoms with van der Waals surface area (Å²) in [4.78, 5) is 4.49. The summed E-state index contributed by atoms with van der Waals surface area (Å²) in [5.41, 5.74) is 8.28. The van der Waals surface area contributed by atoms with Crippen molar-refractivity contribution in [3.8, 4) is 0 Å². The maximum atomic E-state index is 6.12. The van der Waals surface area contributed by atoms with Gasteiger partial charge in [-0.25, -0.2) is 4.98 Å². The van der Waals surface area contributed by atoms with Gasteiger partial charge in [-0.1, -0.05) is 41.6 Å². The molecule has 0 radical (unpaired) electrons. The van der Waals surface area contributed by atoms with E-state index in [1.165, 1.54) is 44.0 Å². The smallest absolute Gasteiger partial charge is 0.201 e. The lowest BCUT2D eigenvalue weighted by molar-refractivity contribution is 0.459. The number of hydrogen-bond acceptors (Lipinski definition) is 2. The second kappa shape index (κ2) is 4.92. The fourth-order valence-corrected chi connectivity index (χ4v) is 3.34. The standard InChI is InChI=1S/C14H18BrN3/c15-10-7-8-13-12(9-10)17-14(16)18(13)11-5-3-1-2-4-6-11/h7-9,11H,1-6H2,(H2,16,17). The third kappa shape index (κ3) is 2.14. The summed E-state index contributed by atoms with van der Waals surface area (Å²) in [6.07, 6.45) is 7.78. The number of aromatic nitrogens is 2. The summed E-state index contributed by atoms with van der Waals surface area (Å²) < 4.78 is 3.30. The lowest BCUT2D eigenvalue weighted by Crippen LogP contribution is -2.11. The van der Waals surface area contributed by atoms with Crippen LogP contribution in [0, 0.1) is 0 Å². The highest BCUT2D eigenvalue weighted by molar-refractivity contribution is 9.10. The molecule has 96 valence electrons. The average Bonchev–Trinajstić information content (AvgIpc) is 2.54. The van der Waals surface area contributed by atoms with Crippen LogP contribution in [0.1, 0.15) is 44.6 Å². The molecule has 4 heteroatoms. The van der Waals surface area contributed by atoms with Crippen LogP contribution in [0.25, 0.3) is 11.0 Å². The predicted molar refractivity (Wildman–Crippen MR) is 78.6 cm³/mol. The number of nitrogens with zero attached hydrogens (tertiary/aromatic N) is 2. The minimum absolute atomic E-state index is 0.527. The molecule has 1 aromatic carbocycles. The molecule has 0 aliphatic heterocycles. The number of hydrogen-bond donors (Lipinski definition) is 1. The van der Waals surface area contributed by atoms with Gasteiger partial charge in [0.1, 0.15) is 0 Å². The van der Waals surface area contributed by atoms with Crippen LogP contribution < -0.4 is 5.73 Å². The number of halogens is 1. The Labute approximate surface area is 116 Å². The molecule has 3 nitrogen and oxygen atoms in total. The zero-order valence-electron chi connectivity index (χ0n) is 10.4. The molecule has 2 aromatic rings. The van der Waals surface area contributed by atoms with Crippen molar-refractivity contribution in [2.75, 3.05) is 5.73 Å². The van der Waals surface area contributed by atoms with Crippen LogP contribution in [0.3, 0.4) is 0 Å². The number of anilines is 1. The first-order valence-corrected chi connectivity index (χ1v) is 7.48. The Morgan fingerprint density at radius 2 is 1.89 bits per heavy atom. The minimum atomic E-state index is 0.527. The van der Waals surface area contributed by atoms with Crippen LogP contribution in [0.4, 0.5) is 5.95 Å². The van der Waals surface area contributed by atoms with Gasteiger partial charge in [0, 0.05) is 10.5 Å². The zero-order chi connectivity index (χ0) is 12.5. The van der Waals surface area contributed by atoms with Gasteiger partial charge in [0.25, 0.3) is 0 Å². The summed E-state index contributed by atoms with van der Waals surface area (Å²) in [6.45, 7) is 0. The van der Waals surface area contributed by atoms with Gasteiger partial charge in [-0.15, -0.1) is 0 Å². The highest BCUT2D eigenvalue weighted by Crippen LogP contribution is 2.33. The lowest BCUT2D eigenvalue weighted by atomic mass is 10.1. The number of fused-ring (bicyclic) bond motifs is 1. The molecule has 1 heterocycles. The van der Waals surface area contributed by atoms with Crippen LogP contribution in [0.2, 0.25) is 0 Å². The quantitative estimate of drug-likeness (QED) is 0.799. The van der Waals surface area contributed by atoms with E-state index in [1.54, 1.807) is 0 Å². The van der Waals surface area contributed by atoms with Gasteiger partial charge in [-0.05, 0) is 31.0 Å². The third-order valence-corrected chi connectivity index (χ3v) is 4.36. The van der Waals surface area contributed by atoms with E-state index in [4.69, 9.17) is 5.73 Å². The first-order valence-electron chi connectivity index (χ1n) is 6.68. The Morgan fingerprint density at radius 3 is 2.61 bits per heavy atom. The SMILES string of the molecule is Nc1nc2cc(Br)ccc2n1C1CCCCCC1. The third-order valence-electron chi connectivity index (χ3n) is 3.87. The number of benzene rings is 1. The Kier molecular flexibility index (Phi) is 3.29. The van der Waals surface area contributed by atoms with Crippen molar-refractivity contribution in [1.82, 2.24) is 9.55 Å². The molecular weight excluding hydrogens is 290 g/mol. The number of nitrogens with two attached hydrogens (primary N) is 1. The van der Waals surface area contributed by atoms with E-state index >= 15 is 0 Å². The predicted octanol–water partition coefficient (Wildman–Crippen LogP) is 4.28. The van der Waals surface area contributed by atoms with Crippen molar-refractivity contribution < 1.29 is 0 Å². The van der Waals surface area contributed by atoms with Crippen molar-refractivity contribution in [2.45, 2.75) is 44.6 Å². The topological polar surface area (TPSA) is 43.8 Å². The van der Waals surface area contributed by atoms with Gasteiger partial charge in [0.05, 0.1) is 11.0 Å². The summed E-state index contributed by atoms with van der Waals surface area (Å²) in [5, 5.41) is 0. The zero-order valence-corrected chi connectivity index (χ0v) is 12.0. The molecule has 0 atom stereocenters. The van der Waals surface area contributed by atoms with Crippen molar-refractivity contribution in [3.05, 3.63) is 22.7 Å². The Bertz CT molecular complexity index is 553. The second-order valence-electron chi connectivity index (χ2n) is 5.12. The van der Waals surface area contributed by atoms with Crippen LogP contribution in [-0.4, -0.2) is 9.55 Å². The fourth-order valence-electron chi connectivity index (χ4n) is 2.99. The minimum Gasteiger partial charge on any atom is -0.369 e. The van der Waals surface area contributed by atoms with Crippen LogP contribution in [-0.2, 0) is 0 Å². The monoisotopic (exact) mass is 307 g/mol. The largest absolute Gasteiger partial charge is 0.369 e. The summed E-state index contributed by atoms with van der Waals surface area (Å²) in [6, 6.07) is 6.75. The van der Waals surface area contributed by atoms with E-state index in [-0.39, 0.29) is 0 Å².